The molecule has 3 heterocycles. The van der Waals surface area contributed by atoms with Crippen molar-refractivity contribution < 1.29 is 9.53 Å². The van der Waals surface area contributed by atoms with Crippen molar-refractivity contribution in [3.63, 3.8) is 0 Å². The van der Waals surface area contributed by atoms with Crippen LogP contribution in [-0.4, -0.2) is 45.7 Å². The topological polar surface area (TPSA) is 79.7 Å². The second-order valence-electron chi connectivity index (χ2n) is 5.14. The second kappa shape index (κ2) is 5.33. The summed E-state index contributed by atoms with van der Waals surface area (Å²) >= 11 is 0. The third-order valence-corrected chi connectivity index (χ3v) is 3.75. The fraction of sp³-hybridized carbons (Fsp3) is 0.500. The molecule has 112 valence electrons. The van der Waals surface area contributed by atoms with Crippen LogP contribution in [0.2, 0.25) is 0 Å². The van der Waals surface area contributed by atoms with E-state index >= 15 is 0 Å². The Morgan fingerprint density at radius 1 is 1.43 bits per heavy atom. The summed E-state index contributed by atoms with van der Waals surface area (Å²) in [6.45, 7) is 3.49. The van der Waals surface area contributed by atoms with Crippen molar-refractivity contribution in [3.05, 3.63) is 33.4 Å². The zero-order valence-electron chi connectivity index (χ0n) is 12.2. The van der Waals surface area contributed by atoms with Gasteiger partial charge < -0.3 is 14.6 Å². The van der Waals surface area contributed by atoms with Crippen molar-refractivity contribution in [1.82, 2.24) is 19.5 Å². The van der Waals surface area contributed by atoms with Crippen molar-refractivity contribution in [3.8, 4) is 0 Å². The lowest BCUT2D eigenvalue weighted by Gasteiger charge is -2.14. The van der Waals surface area contributed by atoms with Gasteiger partial charge in [-0.25, -0.2) is 0 Å². The van der Waals surface area contributed by atoms with E-state index < -0.39 is 0 Å². The summed E-state index contributed by atoms with van der Waals surface area (Å²) < 4.78 is 6.34. The number of hydrogen-bond donors (Lipinski definition) is 1. The number of H-pyrrole nitrogens is 1. The number of aromatic nitrogens is 3. The highest BCUT2D eigenvalue weighted by Gasteiger charge is 2.31. The SMILES string of the molecule is CCc1cc2[nH]c3c(c(=O)n2n1)CN(CCCOC)C3=O. The van der Waals surface area contributed by atoms with Gasteiger partial charge in [-0.3, -0.25) is 9.59 Å². The third kappa shape index (κ3) is 2.23. The number of rotatable bonds is 5. The summed E-state index contributed by atoms with van der Waals surface area (Å²) in [5.74, 6) is -0.125. The van der Waals surface area contributed by atoms with Gasteiger partial charge in [-0.05, 0) is 12.8 Å². The van der Waals surface area contributed by atoms with Gasteiger partial charge in [-0.1, -0.05) is 6.92 Å². The van der Waals surface area contributed by atoms with Gasteiger partial charge in [0.05, 0.1) is 17.8 Å². The Kier molecular flexibility index (Phi) is 3.50. The smallest absolute Gasteiger partial charge is 0.280 e. The molecule has 0 atom stereocenters. The number of aromatic amines is 1. The molecule has 1 aliphatic rings. The lowest BCUT2D eigenvalue weighted by molar-refractivity contribution is 0.0756. The number of hydrogen-bond acceptors (Lipinski definition) is 4. The largest absolute Gasteiger partial charge is 0.385 e. The minimum atomic E-state index is -0.207. The first kappa shape index (κ1) is 13.8. The van der Waals surface area contributed by atoms with Gasteiger partial charge in [0.2, 0.25) is 0 Å². The van der Waals surface area contributed by atoms with Crippen LogP contribution in [0.1, 0.15) is 35.1 Å². The van der Waals surface area contributed by atoms with E-state index in [4.69, 9.17) is 4.74 Å². The number of ether oxygens (including phenoxy) is 1. The van der Waals surface area contributed by atoms with E-state index in [0.717, 1.165) is 18.5 Å². The average molecular weight is 290 g/mol. The average Bonchev–Trinajstić information content (AvgIpc) is 3.03. The van der Waals surface area contributed by atoms with Crippen molar-refractivity contribution in [2.24, 2.45) is 0 Å². The zero-order valence-corrected chi connectivity index (χ0v) is 12.2. The van der Waals surface area contributed by atoms with E-state index in [1.54, 1.807) is 12.0 Å². The van der Waals surface area contributed by atoms with Gasteiger partial charge in [0.15, 0.2) is 0 Å². The Morgan fingerprint density at radius 2 is 2.24 bits per heavy atom. The van der Waals surface area contributed by atoms with E-state index in [1.807, 2.05) is 13.0 Å². The molecular formula is C14H18N4O3. The highest BCUT2D eigenvalue weighted by atomic mass is 16.5. The Balaban J connectivity index is 1.96. The molecule has 0 unspecified atom stereocenters. The molecule has 0 fully saturated rings. The molecule has 1 amide bonds. The lowest BCUT2D eigenvalue weighted by atomic mass is 10.2. The molecule has 0 bridgehead atoms. The minimum absolute atomic E-state index is 0.125. The molecule has 0 aliphatic carbocycles. The number of nitrogens with one attached hydrogen (secondary N) is 1. The summed E-state index contributed by atoms with van der Waals surface area (Å²) in [5.41, 5.74) is 2.09. The molecule has 1 aliphatic heterocycles. The molecule has 0 spiro atoms. The summed E-state index contributed by atoms with van der Waals surface area (Å²) in [6, 6.07) is 1.81. The molecule has 0 saturated heterocycles. The third-order valence-electron chi connectivity index (χ3n) is 3.75. The monoisotopic (exact) mass is 290 g/mol. The fourth-order valence-corrected chi connectivity index (χ4v) is 2.62. The Labute approximate surface area is 121 Å². The van der Waals surface area contributed by atoms with E-state index in [0.29, 0.717) is 36.6 Å². The lowest BCUT2D eigenvalue weighted by Crippen LogP contribution is -2.26. The van der Waals surface area contributed by atoms with Gasteiger partial charge >= 0.3 is 0 Å². The predicted octanol–water partition coefficient (Wildman–Crippen LogP) is 0.577. The van der Waals surface area contributed by atoms with Gasteiger partial charge in [0, 0.05) is 26.3 Å². The van der Waals surface area contributed by atoms with E-state index in [-0.39, 0.29) is 11.5 Å². The molecule has 2 aromatic heterocycles. The summed E-state index contributed by atoms with van der Waals surface area (Å²) in [6.07, 6.45) is 1.50. The molecule has 7 nitrogen and oxygen atoms in total. The minimum Gasteiger partial charge on any atom is -0.385 e. The summed E-state index contributed by atoms with van der Waals surface area (Å²) in [4.78, 5) is 29.5. The molecule has 21 heavy (non-hydrogen) atoms. The molecule has 3 rings (SSSR count). The zero-order chi connectivity index (χ0) is 15.0. The van der Waals surface area contributed by atoms with Crippen LogP contribution in [-0.2, 0) is 17.7 Å². The van der Waals surface area contributed by atoms with Crippen LogP contribution < -0.4 is 5.56 Å². The fourth-order valence-electron chi connectivity index (χ4n) is 2.62. The van der Waals surface area contributed by atoms with Crippen LogP contribution in [0.15, 0.2) is 10.9 Å². The van der Waals surface area contributed by atoms with Gasteiger partial charge in [0.25, 0.3) is 11.5 Å². The number of methoxy groups -OCH3 is 1. The summed E-state index contributed by atoms with van der Waals surface area (Å²) in [7, 11) is 1.63. The van der Waals surface area contributed by atoms with E-state index in [2.05, 4.69) is 10.1 Å². The number of carbonyl (C=O) groups excluding carboxylic acids is 1. The molecular weight excluding hydrogens is 272 g/mol. The predicted molar refractivity (Wildman–Crippen MR) is 76.4 cm³/mol. The van der Waals surface area contributed by atoms with Crippen LogP contribution in [0.25, 0.3) is 5.65 Å². The van der Waals surface area contributed by atoms with Crippen LogP contribution in [0, 0.1) is 0 Å². The molecule has 0 aromatic carbocycles. The molecule has 0 radical (unpaired) electrons. The first-order chi connectivity index (χ1) is 10.2. The van der Waals surface area contributed by atoms with Gasteiger partial charge in [-0.15, -0.1) is 0 Å². The van der Waals surface area contributed by atoms with Crippen LogP contribution >= 0.6 is 0 Å². The van der Waals surface area contributed by atoms with Crippen LogP contribution in [0.5, 0.6) is 0 Å². The molecule has 0 saturated carbocycles. The van der Waals surface area contributed by atoms with Gasteiger partial charge in [-0.2, -0.15) is 9.61 Å². The van der Waals surface area contributed by atoms with Crippen molar-refractivity contribution in [1.29, 1.82) is 0 Å². The molecule has 2 aromatic rings. The number of fused-ring (bicyclic) bond motifs is 2. The van der Waals surface area contributed by atoms with Crippen LogP contribution in [0.3, 0.4) is 0 Å². The summed E-state index contributed by atoms with van der Waals surface area (Å²) in [5, 5.41) is 4.26. The van der Waals surface area contributed by atoms with Crippen molar-refractivity contribution in [2.75, 3.05) is 20.3 Å². The normalized spacial score (nSPS) is 14.2. The Bertz CT molecular complexity index is 746. The first-order valence-electron chi connectivity index (χ1n) is 7.07. The van der Waals surface area contributed by atoms with Crippen molar-refractivity contribution >= 4 is 11.6 Å². The number of aryl methyl sites for hydroxylation is 1. The molecule has 1 N–H and O–H groups in total. The Hall–Kier alpha value is -2.15. The van der Waals surface area contributed by atoms with Crippen LogP contribution in [0.4, 0.5) is 0 Å². The number of nitrogens with zero attached hydrogens (tertiary/aromatic N) is 3. The maximum Gasteiger partial charge on any atom is 0.280 e. The van der Waals surface area contributed by atoms with E-state index in [1.165, 1.54) is 4.52 Å². The Morgan fingerprint density at radius 3 is 2.95 bits per heavy atom. The van der Waals surface area contributed by atoms with E-state index in [9.17, 15) is 9.59 Å². The highest BCUT2D eigenvalue weighted by molar-refractivity contribution is 5.96. The number of amides is 1. The van der Waals surface area contributed by atoms with Gasteiger partial charge in [0.1, 0.15) is 11.3 Å². The maximum absolute atomic E-state index is 12.4. The quantitative estimate of drug-likeness (QED) is 0.817. The molecule has 7 heteroatoms. The first-order valence-corrected chi connectivity index (χ1v) is 7.07. The van der Waals surface area contributed by atoms with Crippen molar-refractivity contribution in [2.45, 2.75) is 26.3 Å². The highest BCUT2D eigenvalue weighted by Crippen LogP contribution is 2.19. The number of carbonyl (C=O) groups is 1. The maximum atomic E-state index is 12.4. The second-order valence-corrected chi connectivity index (χ2v) is 5.14. The standard InChI is InChI=1S/C14H18N4O3/c1-3-9-7-11-15-12-10(13(19)18(11)16-9)8-17(14(12)20)5-4-6-21-2/h7,15H,3-6,8H2,1-2H3.